The first kappa shape index (κ1) is 20.3. The maximum Gasteiger partial charge on any atom is -0.00980 e. The van der Waals surface area contributed by atoms with Gasteiger partial charge in [0.15, 0.2) is 0 Å². The number of unbranched alkanes of at least 4 members (excludes halogenated alkanes) is 1. The van der Waals surface area contributed by atoms with E-state index < -0.39 is 0 Å². The van der Waals surface area contributed by atoms with Crippen LogP contribution in [0.4, 0.5) is 0 Å². The molecule has 0 radical (unpaired) electrons. The Morgan fingerprint density at radius 2 is 1.67 bits per heavy atom. The SMILES string of the molecule is C=C(C)/C(C)=C/CC.CC.CCCCS. The molecule has 1 heteroatoms. The second-order valence-electron chi connectivity index (χ2n) is 3.15. The topological polar surface area (TPSA) is 0 Å². The van der Waals surface area contributed by atoms with E-state index in [-0.39, 0.29) is 0 Å². The highest BCUT2D eigenvalue weighted by molar-refractivity contribution is 7.80. The fraction of sp³-hybridized carbons (Fsp3) is 0.714. The molecule has 0 aromatic carbocycles. The average Bonchev–Trinajstić information content (AvgIpc) is 2.23. The van der Waals surface area contributed by atoms with E-state index in [0.29, 0.717) is 0 Å². The van der Waals surface area contributed by atoms with Crippen molar-refractivity contribution in [3.63, 3.8) is 0 Å². The summed E-state index contributed by atoms with van der Waals surface area (Å²) in [5.74, 6) is 1.04. The lowest BCUT2D eigenvalue weighted by Gasteiger charge is -1.94. The number of allylic oxidation sites excluding steroid dienone is 3. The molecule has 0 rings (SSSR count). The Kier molecular flexibility index (Phi) is 26.2. The lowest BCUT2D eigenvalue weighted by Crippen LogP contribution is -1.73. The Morgan fingerprint density at radius 3 is 1.73 bits per heavy atom. The molecule has 0 N–H and O–H groups in total. The first-order chi connectivity index (χ1) is 7.09. The molecule has 0 aliphatic heterocycles. The third kappa shape index (κ3) is 24.8. The molecule has 0 saturated heterocycles. The molecule has 0 bridgehead atoms. The molecular weight excluding hydrogens is 200 g/mol. The van der Waals surface area contributed by atoms with E-state index >= 15 is 0 Å². The van der Waals surface area contributed by atoms with Gasteiger partial charge in [-0.25, -0.2) is 0 Å². The van der Waals surface area contributed by atoms with Crippen molar-refractivity contribution in [1.82, 2.24) is 0 Å². The minimum absolute atomic E-state index is 1.04. The van der Waals surface area contributed by atoms with Crippen molar-refractivity contribution in [3.05, 3.63) is 23.8 Å². The zero-order valence-corrected chi connectivity index (χ0v) is 12.5. The predicted molar refractivity (Wildman–Crippen MR) is 79.0 cm³/mol. The van der Waals surface area contributed by atoms with Gasteiger partial charge in [0.05, 0.1) is 0 Å². The number of thiol groups is 1. The van der Waals surface area contributed by atoms with Crippen LogP contribution in [0.15, 0.2) is 23.8 Å². The molecule has 0 nitrogen and oxygen atoms in total. The molecule has 0 unspecified atom stereocenters. The van der Waals surface area contributed by atoms with Crippen molar-refractivity contribution in [3.8, 4) is 0 Å². The second kappa shape index (κ2) is 19.4. The number of rotatable bonds is 4. The molecule has 15 heavy (non-hydrogen) atoms. The Hall–Kier alpha value is -0.170. The van der Waals surface area contributed by atoms with Gasteiger partial charge in [-0.15, -0.1) is 0 Å². The minimum atomic E-state index is 1.04. The summed E-state index contributed by atoms with van der Waals surface area (Å²) in [5, 5.41) is 0. The number of hydrogen-bond donors (Lipinski definition) is 1. The van der Waals surface area contributed by atoms with Gasteiger partial charge in [0.2, 0.25) is 0 Å². The van der Waals surface area contributed by atoms with Gasteiger partial charge in [-0.3, -0.25) is 0 Å². The first-order valence-corrected chi connectivity index (χ1v) is 6.66. The van der Waals surface area contributed by atoms with Crippen molar-refractivity contribution in [2.45, 2.75) is 60.8 Å². The monoisotopic (exact) mass is 230 g/mol. The summed E-state index contributed by atoms with van der Waals surface area (Å²) in [5.41, 5.74) is 2.49. The van der Waals surface area contributed by atoms with E-state index in [4.69, 9.17) is 0 Å². The van der Waals surface area contributed by atoms with Crippen LogP contribution in [-0.4, -0.2) is 5.75 Å². The Bertz CT molecular complexity index is 143. The van der Waals surface area contributed by atoms with Crippen molar-refractivity contribution in [1.29, 1.82) is 0 Å². The Morgan fingerprint density at radius 1 is 1.20 bits per heavy atom. The van der Waals surface area contributed by atoms with E-state index in [9.17, 15) is 0 Å². The molecule has 0 aromatic heterocycles. The van der Waals surface area contributed by atoms with E-state index in [0.717, 1.165) is 12.2 Å². The van der Waals surface area contributed by atoms with E-state index in [1.165, 1.54) is 24.0 Å². The summed E-state index contributed by atoms with van der Waals surface area (Å²) in [4.78, 5) is 0. The summed E-state index contributed by atoms with van der Waals surface area (Å²) >= 11 is 4.00. The Balaban J connectivity index is -0.000000177. The first-order valence-electron chi connectivity index (χ1n) is 6.03. The lowest BCUT2D eigenvalue weighted by atomic mass is 10.1. The van der Waals surface area contributed by atoms with Gasteiger partial charge in [-0.05, 0) is 32.4 Å². The summed E-state index contributed by atoms with van der Waals surface area (Å²) < 4.78 is 0. The van der Waals surface area contributed by atoms with Crippen LogP contribution in [0.3, 0.4) is 0 Å². The molecule has 0 aliphatic rings. The Labute approximate surface area is 103 Å². The maximum atomic E-state index is 4.00. The van der Waals surface area contributed by atoms with Crippen LogP contribution >= 0.6 is 12.6 Å². The largest absolute Gasteiger partial charge is 0.179 e. The smallest absolute Gasteiger partial charge is 0.00980 e. The van der Waals surface area contributed by atoms with Gasteiger partial charge in [0.25, 0.3) is 0 Å². The zero-order chi connectivity index (χ0) is 12.7. The molecule has 0 spiro atoms. The molecular formula is C14H30S. The summed E-state index contributed by atoms with van der Waals surface area (Å²) in [6.07, 6.45) is 5.81. The third-order valence-electron chi connectivity index (χ3n) is 1.70. The highest BCUT2D eigenvalue weighted by atomic mass is 32.1. The standard InChI is InChI=1S/C8H14.C4H10S.C2H6/c1-5-6-8(4)7(2)3;1-2-3-4-5;1-2/h6H,2,5H2,1,3-4H3;5H,2-4H2,1H3;1-2H3/b8-6+;;. The molecule has 92 valence electrons. The van der Waals surface area contributed by atoms with Gasteiger partial charge in [0.1, 0.15) is 0 Å². The average molecular weight is 230 g/mol. The molecule has 0 amide bonds. The van der Waals surface area contributed by atoms with Gasteiger partial charge in [-0.2, -0.15) is 12.6 Å². The van der Waals surface area contributed by atoms with Crippen LogP contribution in [0.2, 0.25) is 0 Å². The van der Waals surface area contributed by atoms with Crippen molar-refractivity contribution < 1.29 is 0 Å². The van der Waals surface area contributed by atoms with E-state index in [2.05, 4.69) is 46.1 Å². The minimum Gasteiger partial charge on any atom is -0.179 e. The second-order valence-corrected chi connectivity index (χ2v) is 3.60. The maximum absolute atomic E-state index is 4.00. The number of hydrogen-bond acceptors (Lipinski definition) is 1. The third-order valence-corrected chi connectivity index (χ3v) is 2.01. The highest BCUT2D eigenvalue weighted by Crippen LogP contribution is 2.04. The molecule has 0 aliphatic carbocycles. The van der Waals surface area contributed by atoms with Crippen LogP contribution in [0.25, 0.3) is 0 Å². The lowest BCUT2D eigenvalue weighted by molar-refractivity contribution is 0.899. The van der Waals surface area contributed by atoms with Gasteiger partial charge in [0, 0.05) is 0 Å². The van der Waals surface area contributed by atoms with E-state index in [1.54, 1.807) is 0 Å². The van der Waals surface area contributed by atoms with Crippen LogP contribution in [0.5, 0.6) is 0 Å². The summed E-state index contributed by atoms with van der Waals surface area (Å²) in [6.45, 7) is 16.2. The molecule has 0 aromatic rings. The summed E-state index contributed by atoms with van der Waals surface area (Å²) in [7, 11) is 0. The van der Waals surface area contributed by atoms with Crippen molar-refractivity contribution >= 4 is 12.6 Å². The van der Waals surface area contributed by atoms with Crippen LogP contribution in [0.1, 0.15) is 60.8 Å². The van der Waals surface area contributed by atoms with Crippen molar-refractivity contribution in [2.24, 2.45) is 0 Å². The van der Waals surface area contributed by atoms with Crippen LogP contribution < -0.4 is 0 Å². The molecule has 0 saturated carbocycles. The van der Waals surface area contributed by atoms with Gasteiger partial charge >= 0.3 is 0 Å². The normalized spacial score (nSPS) is 9.40. The van der Waals surface area contributed by atoms with Crippen LogP contribution in [0, 0.1) is 0 Å². The molecule has 0 fully saturated rings. The quantitative estimate of drug-likeness (QED) is 0.467. The highest BCUT2D eigenvalue weighted by Gasteiger charge is 1.83. The zero-order valence-electron chi connectivity index (χ0n) is 11.6. The van der Waals surface area contributed by atoms with Crippen molar-refractivity contribution in [2.75, 3.05) is 5.75 Å². The van der Waals surface area contributed by atoms with Gasteiger partial charge in [-0.1, -0.05) is 57.9 Å². The molecule has 0 atom stereocenters. The fourth-order valence-corrected chi connectivity index (χ4v) is 0.955. The van der Waals surface area contributed by atoms with E-state index in [1.807, 2.05) is 20.8 Å². The fourth-order valence-electron chi connectivity index (χ4n) is 0.639. The van der Waals surface area contributed by atoms with Crippen LogP contribution in [-0.2, 0) is 0 Å². The summed E-state index contributed by atoms with van der Waals surface area (Å²) in [6, 6.07) is 0. The predicted octanol–water partition coefficient (Wildman–Crippen LogP) is 5.66. The van der Waals surface area contributed by atoms with Gasteiger partial charge < -0.3 is 0 Å². The molecule has 0 heterocycles.